The number of para-hydroxylation sites is 1. The molecule has 5 aromatic rings. The second-order valence-corrected chi connectivity index (χ2v) is 9.04. The zero-order valence-electron chi connectivity index (χ0n) is 22.0. The summed E-state index contributed by atoms with van der Waals surface area (Å²) >= 11 is 0. The monoisotopic (exact) mass is 532 g/mol. The van der Waals surface area contributed by atoms with Crippen molar-refractivity contribution in [3.63, 3.8) is 0 Å². The van der Waals surface area contributed by atoms with Gasteiger partial charge in [0.1, 0.15) is 34.3 Å². The van der Waals surface area contributed by atoms with Gasteiger partial charge < -0.3 is 10.1 Å². The zero-order chi connectivity index (χ0) is 28.4. The minimum absolute atomic E-state index is 0.0158. The highest BCUT2D eigenvalue weighted by atomic mass is 16.5. The summed E-state index contributed by atoms with van der Waals surface area (Å²) in [4.78, 5) is 44.4. The number of benzene rings is 2. The van der Waals surface area contributed by atoms with Crippen LogP contribution in [0.4, 0.5) is 5.69 Å². The van der Waals surface area contributed by atoms with Gasteiger partial charge >= 0.3 is 0 Å². The van der Waals surface area contributed by atoms with E-state index in [1.165, 1.54) is 15.3 Å². The number of aromatic nitrogens is 4. The number of anilines is 1. The number of hydrogen-bond donors (Lipinski definition) is 1. The number of nitrogens with one attached hydrogen (secondary N) is 1. The minimum atomic E-state index is -0.854. The lowest BCUT2D eigenvalue weighted by atomic mass is 10.1. The van der Waals surface area contributed by atoms with Crippen molar-refractivity contribution in [3.8, 4) is 23.4 Å². The van der Waals surface area contributed by atoms with Gasteiger partial charge in [-0.2, -0.15) is 10.2 Å². The molecule has 10 heteroatoms. The Balaban J connectivity index is 1.58. The summed E-state index contributed by atoms with van der Waals surface area (Å²) in [5.74, 6) is -0.483. The number of amides is 1. The lowest BCUT2D eigenvalue weighted by molar-refractivity contribution is -0.112. The number of hydrogen-bond acceptors (Lipinski definition) is 6. The molecule has 0 atom stereocenters. The van der Waals surface area contributed by atoms with E-state index < -0.39 is 22.6 Å². The number of ether oxygens (including phenoxy) is 1. The summed E-state index contributed by atoms with van der Waals surface area (Å²) in [5, 5.41) is 12.5. The zero-order valence-corrected chi connectivity index (χ0v) is 22.0. The van der Waals surface area contributed by atoms with Crippen molar-refractivity contribution in [1.29, 1.82) is 5.26 Å². The Morgan fingerprint density at radius 3 is 2.48 bits per heavy atom. The Bertz CT molecular complexity index is 1960. The third-order valence-electron chi connectivity index (χ3n) is 6.38. The van der Waals surface area contributed by atoms with Gasteiger partial charge in [0.15, 0.2) is 0 Å². The van der Waals surface area contributed by atoms with E-state index in [0.29, 0.717) is 22.8 Å². The highest BCUT2D eigenvalue weighted by molar-refractivity contribution is 6.10. The highest BCUT2D eigenvalue weighted by Gasteiger charge is 2.22. The van der Waals surface area contributed by atoms with E-state index in [-0.39, 0.29) is 17.1 Å². The molecule has 0 aliphatic heterocycles. The van der Waals surface area contributed by atoms with Crippen LogP contribution in [0.15, 0.2) is 94.2 Å². The average molecular weight is 533 g/mol. The molecule has 0 bridgehead atoms. The smallest absolute Gasteiger partial charge is 0.295 e. The molecule has 0 fully saturated rings. The van der Waals surface area contributed by atoms with Gasteiger partial charge in [-0.25, -0.2) is 4.68 Å². The normalized spacial score (nSPS) is 11.3. The number of nitriles is 1. The van der Waals surface area contributed by atoms with E-state index in [2.05, 4.69) is 10.3 Å². The van der Waals surface area contributed by atoms with Crippen molar-refractivity contribution in [2.75, 3.05) is 5.32 Å². The van der Waals surface area contributed by atoms with Crippen molar-refractivity contribution in [3.05, 3.63) is 122 Å². The summed E-state index contributed by atoms with van der Waals surface area (Å²) in [6.45, 7) is 3.57. The second-order valence-electron chi connectivity index (χ2n) is 9.04. The maximum atomic E-state index is 13.5. The first kappa shape index (κ1) is 25.9. The molecule has 0 saturated carbocycles. The van der Waals surface area contributed by atoms with Crippen molar-refractivity contribution in [2.24, 2.45) is 7.05 Å². The summed E-state index contributed by atoms with van der Waals surface area (Å²) < 4.78 is 10.3. The third-order valence-corrected chi connectivity index (χ3v) is 6.38. The van der Waals surface area contributed by atoms with Crippen LogP contribution in [-0.2, 0) is 11.8 Å². The van der Waals surface area contributed by atoms with Crippen molar-refractivity contribution in [1.82, 2.24) is 18.7 Å². The number of nitrogens with zero attached hydrogens (tertiary/aromatic N) is 5. The van der Waals surface area contributed by atoms with Gasteiger partial charge in [0.25, 0.3) is 17.0 Å². The van der Waals surface area contributed by atoms with Crippen LogP contribution < -0.4 is 21.2 Å². The molecule has 1 amide bonds. The van der Waals surface area contributed by atoms with E-state index in [1.54, 1.807) is 79.3 Å². The predicted octanol–water partition coefficient (Wildman–Crippen LogP) is 4.14. The van der Waals surface area contributed by atoms with Crippen LogP contribution in [0.1, 0.15) is 16.8 Å². The SMILES string of the molecule is Cc1cccc(Oc2nc3ccccn3c(=O)c2/C=C(\C#N)C(=O)Nc2c(C)n(C)n(-c3ccccc3)c2=O)c1. The first-order valence-corrected chi connectivity index (χ1v) is 12.3. The lowest BCUT2D eigenvalue weighted by Crippen LogP contribution is -2.24. The number of pyridine rings is 1. The summed E-state index contributed by atoms with van der Waals surface area (Å²) in [7, 11) is 1.69. The van der Waals surface area contributed by atoms with Gasteiger partial charge in [-0.15, -0.1) is 0 Å². The van der Waals surface area contributed by atoms with E-state index in [0.717, 1.165) is 11.6 Å². The second kappa shape index (κ2) is 10.6. The Kier molecular flexibility index (Phi) is 6.87. The van der Waals surface area contributed by atoms with Crippen LogP contribution in [0, 0.1) is 25.2 Å². The summed E-state index contributed by atoms with van der Waals surface area (Å²) in [6.07, 6.45) is 2.66. The number of fused-ring (bicyclic) bond motifs is 1. The van der Waals surface area contributed by atoms with Gasteiger partial charge in [0, 0.05) is 13.2 Å². The number of carbonyl (C=O) groups excluding carboxylic acids is 1. The molecule has 5 rings (SSSR count). The van der Waals surface area contributed by atoms with Crippen LogP contribution in [0.2, 0.25) is 0 Å². The fourth-order valence-electron chi connectivity index (χ4n) is 4.26. The van der Waals surface area contributed by atoms with Gasteiger partial charge in [-0.3, -0.25) is 23.5 Å². The molecular formula is C30H24N6O4. The van der Waals surface area contributed by atoms with E-state index in [1.807, 2.05) is 25.1 Å². The van der Waals surface area contributed by atoms with E-state index >= 15 is 0 Å². The van der Waals surface area contributed by atoms with Gasteiger partial charge in [0.2, 0.25) is 5.88 Å². The largest absolute Gasteiger partial charge is 0.438 e. The van der Waals surface area contributed by atoms with Gasteiger partial charge in [0.05, 0.1) is 11.4 Å². The average Bonchev–Trinajstić information content (AvgIpc) is 3.16. The number of carbonyl (C=O) groups is 1. The molecule has 198 valence electrons. The van der Waals surface area contributed by atoms with Crippen LogP contribution in [-0.4, -0.2) is 24.7 Å². The first-order chi connectivity index (χ1) is 19.3. The Morgan fingerprint density at radius 1 is 1.00 bits per heavy atom. The third kappa shape index (κ3) is 4.79. The molecule has 2 aromatic carbocycles. The van der Waals surface area contributed by atoms with E-state index in [4.69, 9.17) is 4.74 Å². The molecule has 10 nitrogen and oxygen atoms in total. The lowest BCUT2D eigenvalue weighted by Gasteiger charge is -2.11. The standard InChI is InChI=1S/C30H24N6O4/c1-19-10-9-13-23(16-19)40-28-24(29(38)35-15-8-7-14-25(35)32-28)17-21(18-31)27(37)33-26-20(2)34(3)36(30(26)39)22-11-5-4-6-12-22/h4-17H,1-3H3,(H,33,37)/b21-17+. The number of aryl methyl sites for hydroxylation is 1. The Hall–Kier alpha value is -5.69. The predicted molar refractivity (Wildman–Crippen MR) is 151 cm³/mol. The van der Waals surface area contributed by atoms with E-state index in [9.17, 15) is 19.6 Å². The quantitative estimate of drug-likeness (QED) is 0.259. The molecule has 0 radical (unpaired) electrons. The molecule has 0 aliphatic carbocycles. The minimum Gasteiger partial charge on any atom is -0.438 e. The topological polar surface area (TPSA) is 123 Å². The summed E-state index contributed by atoms with van der Waals surface area (Å²) in [6, 6.07) is 23.0. The van der Waals surface area contributed by atoms with Crippen molar-refractivity contribution < 1.29 is 9.53 Å². The fraction of sp³-hybridized carbons (Fsp3) is 0.100. The Labute approximate surface area is 228 Å². The van der Waals surface area contributed by atoms with Gasteiger partial charge in [-0.1, -0.05) is 36.4 Å². The molecule has 0 spiro atoms. The molecule has 40 heavy (non-hydrogen) atoms. The maximum absolute atomic E-state index is 13.5. The maximum Gasteiger partial charge on any atom is 0.295 e. The first-order valence-electron chi connectivity index (χ1n) is 12.3. The Morgan fingerprint density at radius 2 is 1.75 bits per heavy atom. The van der Waals surface area contributed by atoms with Crippen LogP contribution in [0.25, 0.3) is 17.4 Å². The summed E-state index contributed by atoms with van der Waals surface area (Å²) in [5.41, 5.74) is 0.880. The molecule has 0 unspecified atom stereocenters. The van der Waals surface area contributed by atoms with Crippen LogP contribution >= 0.6 is 0 Å². The molecular weight excluding hydrogens is 508 g/mol. The number of rotatable bonds is 6. The van der Waals surface area contributed by atoms with Crippen molar-refractivity contribution >= 4 is 23.3 Å². The molecule has 0 saturated heterocycles. The fourth-order valence-corrected chi connectivity index (χ4v) is 4.26. The highest BCUT2D eigenvalue weighted by Crippen LogP contribution is 2.25. The molecule has 3 aromatic heterocycles. The molecule has 1 N–H and O–H groups in total. The van der Waals surface area contributed by atoms with Crippen LogP contribution in [0.5, 0.6) is 11.6 Å². The van der Waals surface area contributed by atoms with Gasteiger partial charge in [-0.05, 0) is 61.9 Å². The van der Waals surface area contributed by atoms with Crippen molar-refractivity contribution in [2.45, 2.75) is 13.8 Å². The molecule has 0 aliphatic rings. The molecule has 3 heterocycles. The van der Waals surface area contributed by atoms with Crippen LogP contribution in [0.3, 0.4) is 0 Å².